The molecule has 2 fully saturated rings. The van der Waals surface area contributed by atoms with Crippen LogP contribution in [0.5, 0.6) is 11.5 Å². The van der Waals surface area contributed by atoms with Crippen molar-refractivity contribution >= 4 is 17.8 Å². The van der Waals surface area contributed by atoms with Crippen molar-refractivity contribution in [2.45, 2.75) is 31.4 Å². The van der Waals surface area contributed by atoms with Crippen molar-refractivity contribution in [2.75, 3.05) is 46.9 Å². The molecule has 1 N–H and O–H groups in total. The lowest BCUT2D eigenvalue weighted by Gasteiger charge is -2.36. The number of carbonyl (C=O) groups is 3. The van der Waals surface area contributed by atoms with Gasteiger partial charge < -0.3 is 24.6 Å². The number of hydrogen-bond acceptors (Lipinski definition) is 6. The third kappa shape index (κ3) is 4.07. The summed E-state index contributed by atoms with van der Waals surface area (Å²) in [6.45, 7) is 2.29. The highest BCUT2D eigenvalue weighted by atomic mass is 16.5. The molecule has 9 heteroatoms. The number of amides is 4. The number of ether oxygens (including phenoxy) is 2. The smallest absolute Gasteiger partial charge is 0.325 e. The average molecular weight is 416 g/mol. The summed E-state index contributed by atoms with van der Waals surface area (Å²) in [4.78, 5) is 42.0. The first-order valence-corrected chi connectivity index (χ1v) is 10.3. The molecule has 0 radical (unpaired) electrons. The molecule has 1 atom stereocenters. The first kappa shape index (κ1) is 20.5. The molecule has 9 nitrogen and oxygen atoms in total. The predicted molar refractivity (Wildman–Crippen MR) is 108 cm³/mol. The van der Waals surface area contributed by atoms with E-state index in [1.807, 2.05) is 18.2 Å². The van der Waals surface area contributed by atoms with Crippen LogP contribution in [0.2, 0.25) is 0 Å². The maximum atomic E-state index is 13.2. The molecule has 4 rings (SSSR count). The van der Waals surface area contributed by atoms with Gasteiger partial charge in [0.15, 0.2) is 0 Å². The van der Waals surface area contributed by atoms with Crippen molar-refractivity contribution in [1.82, 2.24) is 20.0 Å². The van der Waals surface area contributed by atoms with E-state index in [-0.39, 0.29) is 24.9 Å². The van der Waals surface area contributed by atoms with Gasteiger partial charge in [0.1, 0.15) is 23.6 Å². The van der Waals surface area contributed by atoms with E-state index < -0.39 is 11.6 Å². The Bertz CT molecular complexity index is 844. The number of hydrogen-bond donors (Lipinski definition) is 1. The molecule has 0 aromatic heterocycles. The van der Waals surface area contributed by atoms with E-state index in [1.165, 1.54) is 0 Å². The summed E-state index contributed by atoms with van der Waals surface area (Å²) < 4.78 is 11.9. The summed E-state index contributed by atoms with van der Waals surface area (Å²) in [5, 5.41) is 2.46. The molecule has 3 aliphatic heterocycles. The number of likely N-dealkylation sites (tertiary alicyclic amines) is 1. The van der Waals surface area contributed by atoms with Crippen LogP contribution in [0.25, 0.3) is 0 Å². The minimum absolute atomic E-state index is 0.0640. The highest BCUT2D eigenvalue weighted by molar-refractivity contribution is 6.04. The number of rotatable bonds is 3. The van der Waals surface area contributed by atoms with Crippen molar-refractivity contribution in [3.8, 4) is 11.5 Å². The molecule has 3 aliphatic rings. The lowest BCUT2D eigenvalue weighted by Crippen LogP contribution is -2.50. The van der Waals surface area contributed by atoms with E-state index in [4.69, 9.17) is 9.47 Å². The minimum Gasteiger partial charge on any atom is -0.497 e. The zero-order valence-electron chi connectivity index (χ0n) is 17.5. The SMILES string of the molecule is COc1ccc2c(c1)CN(C(=O)CN1C(=O)CNC1=O)CC1(CCCN(C)CC1)O2. The Morgan fingerprint density at radius 2 is 2.10 bits per heavy atom. The second-order valence-corrected chi connectivity index (χ2v) is 8.30. The number of imide groups is 1. The highest BCUT2D eigenvalue weighted by Crippen LogP contribution is 2.37. The number of methoxy groups -OCH3 is 1. The molecule has 0 saturated carbocycles. The Morgan fingerprint density at radius 1 is 1.27 bits per heavy atom. The average Bonchev–Trinajstić information content (AvgIpc) is 2.89. The second-order valence-electron chi connectivity index (χ2n) is 8.30. The molecule has 0 aliphatic carbocycles. The molecular weight excluding hydrogens is 388 g/mol. The summed E-state index contributed by atoms with van der Waals surface area (Å²) in [6.07, 6.45) is 2.59. The van der Waals surface area contributed by atoms with E-state index >= 15 is 0 Å². The molecule has 1 aromatic carbocycles. The van der Waals surface area contributed by atoms with Crippen LogP contribution >= 0.6 is 0 Å². The predicted octanol–water partition coefficient (Wildman–Crippen LogP) is 0.823. The minimum atomic E-state index is -0.521. The Kier molecular flexibility index (Phi) is 5.55. The molecule has 2 saturated heterocycles. The van der Waals surface area contributed by atoms with Crippen LogP contribution < -0.4 is 14.8 Å². The van der Waals surface area contributed by atoms with E-state index in [1.54, 1.807) is 12.0 Å². The number of fused-ring (bicyclic) bond motifs is 1. The quantitative estimate of drug-likeness (QED) is 0.734. The fourth-order valence-corrected chi connectivity index (χ4v) is 4.37. The van der Waals surface area contributed by atoms with Gasteiger partial charge in [0.05, 0.1) is 20.2 Å². The monoisotopic (exact) mass is 416 g/mol. The molecule has 162 valence electrons. The van der Waals surface area contributed by atoms with Crippen LogP contribution in [0.1, 0.15) is 24.8 Å². The number of benzene rings is 1. The van der Waals surface area contributed by atoms with Crippen LogP contribution in [-0.2, 0) is 16.1 Å². The van der Waals surface area contributed by atoms with Crippen LogP contribution in [0.4, 0.5) is 4.79 Å². The number of nitrogens with zero attached hydrogens (tertiary/aromatic N) is 3. The van der Waals surface area contributed by atoms with Crippen LogP contribution in [0.3, 0.4) is 0 Å². The summed E-state index contributed by atoms with van der Waals surface area (Å²) in [5.74, 6) is 0.796. The summed E-state index contributed by atoms with van der Waals surface area (Å²) in [5.41, 5.74) is 0.353. The first-order chi connectivity index (χ1) is 14.4. The van der Waals surface area contributed by atoms with Crippen molar-refractivity contribution in [1.29, 1.82) is 0 Å². The van der Waals surface area contributed by atoms with Crippen molar-refractivity contribution < 1.29 is 23.9 Å². The number of urea groups is 1. The fraction of sp³-hybridized carbons (Fsp3) is 0.571. The lowest BCUT2D eigenvalue weighted by atomic mass is 9.93. The van der Waals surface area contributed by atoms with Gasteiger partial charge in [-0.05, 0) is 44.6 Å². The van der Waals surface area contributed by atoms with Crippen molar-refractivity contribution in [3.05, 3.63) is 23.8 Å². The third-order valence-corrected chi connectivity index (χ3v) is 6.14. The van der Waals surface area contributed by atoms with E-state index in [0.717, 1.165) is 48.6 Å². The van der Waals surface area contributed by atoms with Crippen LogP contribution in [0, 0.1) is 0 Å². The van der Waals surface area contributed by atoms with Gasteiger partial charge in [0, 0.05) is 25.1 Å². The van der Waals surface area contributed by atoms with E-state index in [0.29, 0.717) is 18.8 Å². The Balaban J connectivity index is 1.63. The first-order valence-electron chi connectivity index (χ1n) is 10.3. The van der Waals surface area contributed by atoms with Crippen LogP contribution in [0.15, 0.2) is 18.2 Å². The second kappa shape index (κ2) is 8.14. The summed E-state index contributed by atoms with van der Waals surface area (Å²) in [7, 11) is 3.69. The molecule has 30 heavy (non-hydrogen) atoms. The zero-order valence-corrected chi connectivity index (χ0v) is 17.5. The van der Waals surface area contributed by atoms with Gasteiger partial charge in [-0.15, -0.1) is 0 Å². The summed E-state index contributed by atoms with van der Waals surface area (Å²) >= 11 is 0. The van der Waals surface area contributed by atoms with Gasteiger partial charge in [0.25, 0.3) is 5.91 Å². The Hall–Kier alpha value is -2.81. The molecule has 4 amide bonds. The van der Waals surface area contributed by atoms with Gasteiger partial charge in [0.2, 0.25) is 5.91 Å². The molecular formula is C21H28N4O5. The van der Waals surface area contributed by atoms with Gasteiger partial charge in [-0.2, -0.15) is 0 Å². The van der Waals surface area contributed by atoms with Crippen LogP contribution in [-0.4, -0.2) is 85.0 Å². The normalized spacial score (nSPS) is 24.7. The number of carbonyl (C=O) groups excluding carboxylic acids is 3. The fourth-order valence-electron chi connectivity index (χ4n) is 4.37. The molecule has 1 spiro atoms. The Morgan fingerprint density at radius 3 is 2.83 bits per heavy atom. The largest absolute Gasteiger partial charge is 0.497 e. The van der Waals surface area contributed by atoms with E-state index in [9.17, 15) is 14.4 Å². The van der Waals surface area contributed by atoms with Gasteiger partial charge in [-0.25, -0.2) is 4.79 Å². The Labute approximate surface area is 175 Å². The van der Waals surface area contributed by atoms with Gasteiger partial charge >= 0.3 is 6.03 Å². The van der Waals surface area contributed by atoms with Gasteiger partial charge in [-0.1, -0.05) is 0 Å². The molecule has 0 bridgehead atoms. The maximum absolute atomic E-state index is 13.2. The maximum Gasteiger partial charge on any atom is 0.325 e. The summed E-state index contributed by atoms with van der Waals surface area (Å²) in [6, 6.07) is 5.12. The highest BCUT2D eigenvalue weighted by Gasteiger charge is 2.41. The van der Waals surface area contributed by atoms with Crippen molar-refractivity contribution in [2.24, 2.45) is 0 Å². The molecule has 1 unspecified atom stereocenters. The standard InChI is InChI=1S/C21H28N4O5/c1-23-8-3-6-21(7-9-23)14-24(19(27)13-25-18(26)11-22-20(25)28)12-15-10-16(29-2)4-5-17(15)30-21/h4-5,10H,3,6-9,11-14H2,1-2H3,(H,22,28). The third-order valence-electron chi connectivity index (χ3n) is 6.14. The van der Waals surface area contributed by atoms with Crippen molar-refractivity contribution in [3.63, 3.8) is 0 Å². The zero-order chi connectivity index (χ0) is 21.3. The molecule has 1 aromatic rings. The topological polar surface area (TPSA) is 91.4 Å². The van der Waals surface area contributed by atoms with E-state index in [2.05, 4.69) is 17.3 Å². The lowest BCUT2D eigenvalue weighted by molar-refractivity contribution is -0.138. The molecule has 3 heterocycles. The number of nitrogens with one attached hydrogen (secondary N) is 1. The van der Waals surface area contributed by atoms with Gasteiger partial charge in [-0.3, -0.25) is 14.5 Å².